The zero-order chi connectivity index (χ0) is 29.3. The second-order valence-electron chi connectivity index (χ2n) is 11.0. The van der Waals surface area contributed by atoms with Gasteiger partial charge in [-0.2, -0.15) is 26.3 Å². The molecule has 6 nitrogen and oxygen atoms in total. The molecule has 1 atom stereocenters. The molecule has 2 heterocycles. The van der Waals surface area contributed by atoms with Crippen LogP contribution in [-0.4, -0.2) is 60.0 Å². The summed E-state index contributed by atoms with van der Waals surface area (Å²) in [6.07, 6.45) is -6.72. The topological polar surface area (TPSA) is 65.0 Å². The number of likely N-dealkylation sites (N-methyl/N-ethyl adjacent to an activating group) is 1. The van der Waals surface area contributed by atoms with Crippen LogP contribution >= 0.6 is 11.8 Å². The summed E-state index contributed by atoms with van der Waals surface area (Å²) in [5, 5.41) is 2.39. The first-order valence-corrected chi connectivity index (χ1v) is 13.2. The van der Waals surface area contributed by atoms with E-state index in [1.165, 1.54) is 4.90 Å². The molecule has 2 aliphatic heterocycles. The molecule has 0 spiro atoms. The maximum absolute atomic E-state index is 13.5. The lowest BCUT2D eigenvalue weighted by Crippen LogP contribution is -2.42. The van der Waals surface area contributed by atoms with Gasteiger partial charge in [0, 0.05) is 20.6 Å². The Balaban J connectivity index is 1.74. The standard InChI is InChI=1S/C26H32F6N4O2S/c1-24(2,3)20(22(37)35(4)5)33-21-19(39-23(38)34-21)12-15-8-10-36(11-9-15)14-16-6-7-17(25(27,28)29)13-18(16)26(30,31)32/h6-7,12-13,15,20H,8-11,14H2,1-5H3,(H,33,34,38). The van der Waals surface area contributed by atoms with Crippen molar-refractivity contribution in [3.8, 4) is 0 Å². The number of nitrogens with one attached hydrogen (secondary N) is 1. The van der Waals surface area contributed by atoms with Crippen LogP contribution in [0.25, 0.3) is 0 Å². The number of nitrogens with zero attached hydrogens (tertiary/aromatic N) is 3. The molecule has 2 aliphatic rings. The van der Waals surface area contributed by atoms with Crippen molar-refractivity contribution in [2.45, 2.75) is 58.6 Å². The maximum atomic E-state index is 13.5. The van der Waals surface area contributed by atoms with Crippen LogP contribution in [0.1, 0.15) is 50.3 Å². The van der Waals surface area contributed by atoms with Crippen LogP contribution in [0.2, 0.25) is 0 Å². The highest BCUT2D eigenvalue weighted by Gasteiger charge is 2.39. The zero-order valence-corrected chi connectivity index (χ0v) is 23.2. The molecule has 1 aromatic carbocycles. The second-order valence-corrected chi connectivity index (χ2v) is 12.0. The van der Waals surface area contributed by atoms with Crippen molar-refractivity contribution in [1.82, 2.24) is 15.1 Å². The van der Waals surface area contributed by atoms with E-state index in [9.17, 15) is 35.9 Å². The van der Waals surface area contributed by atoms with E-state index >= 15 is 0 Å². The number of rotatable bonds is 5. The molecule has 1 unspecified atom stereocenters. The van der Waals surface area contributed by atoms with Gasteiger partial charge in [0.25, 0.3) is 5.24 Å². The molecule has 39 heavy (non-hydrogen) atoms. The number of benzene rings is 1. The van der Waals surface area contributed by atoms with Gasteiger partial charge in [0.05, 0.1) is 16.0 Å². The van der Waals surface area contributed by atoms with Gasteiger partial charge in [-0.25, -0.2) is 0 Å². The zero-order valence-electron chi connectivity index (χ0n) is 22.3. The van der Waals surface area contributed by atoms with E-state index in [4.69, 9.17) is 0 Å². The summed E-state index contributed by atoms with van der Waals surface area (Å²) >= 11 is 0.976. The van der Waals surface area contributed by atoms with Gasteiger partial charge >= 0.3 is 12.4 Å². The molecule has 0 aromatic heterocycles. The molecule has 1 aromatic rings. The molecular formula is C26H32F6N4O2S. The number of piperidine rings is 1. The van der Waals surface area contributed by atoms with E-state index in [1.54, 1.807) is 19.0 Å². The van der Waals surface area contributed by atoms with Crippen molar-refractivity contribution in [2.75, 3.05) is 27.2 Å². The lowest BCUT2D eigenvalue weighted by atomic mass is 9.86. The average molecular weight is 579 g/mol. The fourth-order valence-electron chi connectivity index (χ4n) is 4.42. The van der Waals surface area contributed by atoms with Crippen LogP contribution < -0.4 is 5.32 Å². The molecule has 3 rings (SSSR count). The number of carbonyl (C=O) groups is 2. The minimum absolute atomic E-state index is 0.00831. The predicted molar refractivity (Wildman–Crippen MR) is 138 cm³/mol. The number of alkyl halides is 6. The highest BCUT2D eigenvalue weighted by Crippen LogP contribution is 2.38. The lowest BCUT2D eigenvalue weighted by molar-refractivity contribution is -0.143. The summed E-state index contributed by atoms with van der Waals surface area (Å²) in [5.41, 5.74) is -3.33. The predicted octanol–water partition coefficient (Wildman–Crippen LogP) is 6.18. The molecule has 216 valence electrons. The Labute approximate surface area is 227 Å². The van der Waals surface area contributed by atoms with Crippen LogP contribution in [0.4, 0.5) is 31.1 Å². The quantitative estimate of drug-likeness (QED) is 0.424. The number of amides is 2. The smallest absolute Gasteiger partial charge is 0.347 e. The first-order chi connectivity index (χ1) is 17.9. The van der Waals surface area contributed by atoms with E-state index in [-0.39, 0.29) is 35.2 Å². The number of aliphatic imine (C=N–C) groups is 1. The number of halogens is 6. The number of likely N-dealkylation sites (tertiary alicyclic amines) is 1. The van der Waals surface area contributed by atoms with Gasteiger partial charge in [-0.05, 0) is 66.7 Å². The Morgan fingerprint density at radius 2 is 1.74 bits per heavy atom. The van der Waals surface area contributed by atoms with Crippen molar-refractivity contribution < 1.29 is 35.9 Å². The molecule has 13 heteroatoms. The summed E-state index contributed by atoms with van der Waals surface area (Å²) in [6, 6.07) is 1.02. The van der Waals surface area contributed by atoms with Crippen LogP contribution in [0, 0.1) is 11.3 Å². The van der Waals surface area contributed by atoms with Gasteiger partial charge in [0.15, 0.2) is 0 Å². The SMILES string of the molecule is CN(C)C(=O)C(N=C1NC(=O)SC1=CC1CCN(Cc2ccc(C(F)(F)F)cc2C(F)(F)F)CC1)C(C)(C)C. The number of hydrogen-bond donors (Lipinski definition) is 1. The van der Waals surface area contributed by atoms with Crippen molar-refractivity contribution >= 4 is 28.7 Å². The number of thioether (sulfide) groups is 1. The van der Waals surface area contributed by atoms with E-state index < -0.39 is 34.9 Å². The molecule has 0 saturated carbocycles. The number of amidine groups is 1. The first-order valence-electron chi connectivity index (χ1n) is 12.4. The number of hydrogen-bond acceptors (Lipinski definition) is 5. The minimum atomic E-state index is -4.91. The van der Waals surface area contributed by atoms with Gasteiger partial charge in [-0.3, -0.25) is 19.5 Å². The third kappa shape index (κ3) is 8.00. The summed E-state index contributed by atoms with van der Waals surface area (Å²) in [6.45, 7) is 6.37. The van der Waals surface area contributed by atoms with Gasteiger partial charge in [-0.1, -0.05) is 32.9 Å². The van der Waals surface area contributed by atoms with Crippen LogP contribution in [0.5, 0.6) is 0 Å². The average Bonchev–Trinajstić information content (AvgIpc) is 3.14. The lowest BCUT2D eigenvalue weighted by Gasteiger charge is -2.31. The second kappa shape index (κ2) is 11.5. The van der Waals surface area contributed by atoms with Crippen LogP contribution in [0.3, 0.4) is 0 Å². The molecule has 2 saturated heterocycles. The summed E-state index contributed by atoms with van der Waals surface area (Å²) in [5.74, 6) is 0.131. The van der Waals surface area contributed by atoms with Crippen molar-refractivity contribution in [1.29, 1.82) is 0 Å². The molecular weight excluding hydrogens is 546 g/mol. The van der Waals surface area contributed by atoms with Crippen LogP contribution in [0.15, 0.2) is 34.2 Å². The molecule has 1 N–H and O–H groups in total. The van der Waals surface area contributed by atoms with Gasteiger partial charge in [0.1, 0.15) is 11.9 Å². The molecule has 0 bridgehead atoms. The Hall–Kier alpha value is -2.54. The highest BCUT2D eigenvalue weighted by atomic mass is 32.2. The summed E-state index contributed by atoms with van der Waals surface area (Å²) in [4.78, 5) is 33.3. The molecule has 2 fully saturated rings. The number of allylic oxidation sites excluding steroid dienone is 1. The summed E-state index contributed by atoms with van der Waals surface area (Å²) < 4.78 is 79.5. The molecule has 0 radical (unpaired) electrons. The van der Waals surface area contributed by atoms with Gasteiger partial charge in [-0.15, -0.1) is 0 Å². The fourth-order valence-corrected chi connectivity index (χ4v) is 5.23. The van der Waals surface area contributed by atoms with Crippen molar-refractivity contribution in [3.63, 3.8) is 0 Å². The van der Waals surface area contributed by atoms with Crippen molar-refractivity contribution in [2.24, 2.45) is 16.3 Å². The third-order valence-corrected chi connectivity index (χ3v) is 7.40. The number of carbonyl (C=O) groups excluding carboxylic acids is 2. The summed E-state index contributed by atoms with van der Waals surface area (Å²) in [7, 11) is 3.27. The Bertz CT molecular complexity index is 1150. The third-order valence-electron chi connectivity index (χ3n) is 6.57. The largest absolute Gasteiger partial charge is 0.416 e. The Kier molecular flexibility index (Phi) is 9.15. The molecule has 0 aliphatic carbocycles. The van der Waals surface area contributed by atoms with Gasteiger partial charge < -0.3 is 10.2 Å². The van der Waals surface area contributed by atoms with E-state index in [0.29, 0.717) is 42.7 Å². The Morgan fingerprint density at radius 1 is 1.13 bits per heavy atom. The van der Waals surface area contributed by atoms with E-state index in [0.717, 1.165) is 17.8 Å². The first kappa shape index (κ1) is 31.0. The monoisotopic (exact) mass is 578 g/mol. The minimum Gasteiger partial charge on any atom is -0.347 e. The normalized spacial score (nSPS) is 20.9. The van der Waals surface area contributed by atoms with Gasteiger partial charge in [0.2, 0.25) is 5.91 Å². The Morgan fingerprint density at radius 3 is 2.26 bits per heavy atom. The highest BCUT2D eigenvalue weighted by molar-refractivity contribution is 8.18. The van der Waals surface area contributed by atoms with Crippen molar-refractivity contribution in [3.05, 3.63) is 45.9 Å². The molecule has 2 amide bonds. The maximum Gasteiger partial charge on any atom is 0.416 e. The van der Waals surface area contributed by atoms with E-state index in [2.05, 4.69) is 10.3 Å². The fraction of sp³-hybridized carbons (Fsp3) is 0.577. The van der Waals surface area contributed by atoms with Crippen LogP contribution in [-0.2, 0) is 23.7 Å². The van der Waals surface area contributed by atoms with E-state index in [1.807, 2.05) is 26.8 Å².